The van der Waals surface area contributed by atoms with Crippen LogP contribution in [0, 0.1) is 6.92 Å². The number of rotatable bonds is 4. The summed E-state index contributed by atoms with van der Waals surface area (Å²) in [6.07, 6.45) is 2.88. The number of amides is 2. The van der Waals surface area contributed by atoms with Crippen molar-refractivity contribution < 1.29 is 4.79 Å². The Balaban J connectivity index is 1.46. The monoisotopic (exact) mass is 351 g/mol. The molecule has 0 saturated carbocycles. The van der Waals surface area contributed by atoms with Crippen molar-refractivity contribution >= 4 is 33.8 Å². The molecule has 0 radical (unpaired) electrons. The molecule has 0 aliphatic carbocycles. The van der Waals surface area contributed by atoms with E-state index in [0.717, 1.165) is 48.4 Å². The SMILES string of the molecule is CCc1cnc(CNC(=O)N2CCN(c3nc(C)cs3)CC2)s1. The van der Waals surface area contributed by atoms with Crippen molar-refractivity contribution in [1.29, 1.82) is 0 Å². The van der Waals surface area contributed by atoms with Crippen LogP contribution in [0.15, 0.2) is 11.6 Å². The first-order chi connectivity index (χ1) is 11.2. The third-order valence-electron chi connectivity index (χ3n) is 3.79. The molecule has 0 spiro atoms. The first-order valence-corrected chi connectivity index (χ1v) is 9.48. The van der Waals surface area contributed by atoms with Crippen LogP contribution in [0.3, 0.4) is 0 Å². The highest BCUT2D eigenvalue weighted by molar-refractivity contribution is 7.13. The minimum atomic E-state index is -0.00628. The Bertz CT molecular complexity index is 660. The van der Waals surface area contributed by atoms with E-state index in [9.17, 15) is 4.79 Å². The fourth-order valence-corrected chi connectivity index (χ4v) is 4.10. The Labute approximate surface area is 144 Å². The predicted octanol–water partition coefficient (Wildman–Crippen LogP) is 2.50. The molecule has 0 aromatic carbocycles. The van der Waals surface area contributed by atoms with E-state index in [0.29, 0.717) is 6.54 Å². The van der Waals surface area contributed by atoms with Gasteiger partial charge in [-0.1, -0.05) is 6.92 Å². The summed E-state index contributed by atoms with van der Waals surface area (Å²) in [5, 5.41) is 7.05. The van der Waals surface area contributed by atoms with Crippen LogP contribution in [0.2, 0.25) is 0 Å². The van der Waals surface area contributed by atoms with Gasteiger partial charge in [-0.15, -0.1) is 22.7 Å². The van der Waals surface area contributed by atoms with E-state index in [-0.39, 0.29) is 6.03 Å². The summed E-state index contributed by atoms with van der Waals surface area (Å²) in [7, 11) is 0. The minimum absolute atomic E-state index is 0.00628. The Morgan fingerprint density at radius 2 is 2.13 bits per heavy atom. The molecule has 3 heterocycles. The zero-order valence-corrected chi connectivity index (χ0v) is 15.0. The lowest BCUT2D eigenvalue weighted by Gasteiger charge is -2.34. The number of thiazole rings is 2. The number of nitrogens with one attached hydrogen (secondary N) is 1. The molecule has 1 fully saturated rings. The number of aryl methyl sites for hydroxylation is 2. The second-order valence-electron chi connectivity index (χ2n) is 5.48. The fraction of sp³-hybridized carbons (Fsp3) is 0.533. The summed E-state index contributed by atoms with van der Waals surface area (Å²) in [5.74, 6) is 0. The van der Waals surface area contributed by atoms with E-state index in [1.54, 1.807) is 22.7 Å². The van der Waals surface area contributed by atoms with Crippen molar-refractivity contribution in [3.8, 4) is 0 Å². The fourth-order valence-electron chi connectivity index (χ4n) is 2.44. The van der Waals surface area contributed by atoms with Gasteiger partial charge in [0.25, 0.3) is 0 Å². The quantitative estimate of drug-likeness (QED) is 0.919. The van der Waals surface area contributed by atoms with Gasteiger partial charge < -0.3 is 15.1 Å². The van der Waals surface area contributed by atoms with E-state index in [1.165, 1.54) is 4.88 Å². The molecule has 2 aromatic rings. The predicted molar refractivity (Wildman–Crippen MR) is 94.4 cm³/mol. The molecule has 1 N–H and O–H groups in total. The number of urea groups is 1. The first kappa shape index (κ1) is 16.2. The van der Waals surface area contributed by atoms with Crippen LogP contribution in [0.5, 0.6) is 0 Å². The van der Waals surface area contributed by atoms with Gasteiger partial charge in [-0.2, -0.15) is 0 Å². The van der Waals surface area contributed by atoms with E-state index in [1.807, 2.05) is 18.0 Å². The zero-order valence-electron chi connectivity index (χ0n) is 13.4. The Hall–Kier alpha value is -1.67. The van der Waals surface area contributed by atoms with Crippen molar-refractivity contribution in [2.75, 3.05) is 31.1 Å². The van der Waals surface area contributed by atoms with Gasteiger partial charge in [-0.25, -0.2) is 14.8 Å². The summed E-state index contributed by atoms with van der Waals surface area (Å²) in [6.45, 7) is 7.74. The summed E-state index contributed by atoms with van der Waals surface area (Å²) in [6, 6.07) is -0.00628. The molecule has 0 unspecified atom stereocenters. The summed E-state index contributed by atoms with van der Waals surface area (Å²) in [4.78, 5) is 26.5. The number of carbonyl (C=O) groups is 1. The first-order valence-electron chi connectivity index (χ1n) is 7.79. The van der Waals surface area contributed by atoms with E-state index in [4.69, 9.17) is 0 Å². The largest absolute Gasteiger partial charge is 0.345 e. The maximum atomic E-state index is 12.3. The maximum absolute atomic E-state index is 12.3. The number of carbonyl (C=O) groups excluding carboxylic acids is 1. The zero-order chi connectivity index (χ0) is 16.2. The minimum Gasteiger partial charge on any atom is -0.345 e. The second-order valence-corrected chi connectivity index (χ2v) is 7.51. The van der Waals surface area contributed by atoms with Gasteiger partial charge in [0.1, 0.15) is 5.01 Å². The van der Waals surface area contributed by atoms with Crippen LogP contribution in [0.1, 0.15) is 22.5 Å². The van der Waals surface area contributed by atoms with Gasteiger partial charge in [0.05, 0.1) is 12.2 Å². The second kappa shape index (κ2) is 7.27. The van der Waals surface area contributed by atoms with Gasteiger partial charge in [-0.05, 0) is 13.3 Å². The number of hydrogen-bond acceptors (Lipinski definition) is 6. The molecule has 6 nitrogen and oxygen atoms in total. The molecule has 124 valence electrons. The molecule has 0 bridgehead atoms. The van der Waals surface area contributed by atoms with Crippen LogP contribution < -0.4 is 10.2 Å². The number of aromatic nitrogens is 2. The molecular weight excluding hydrogens is 330 g/mol. The Morgan fingerprint density at radius 3 is 2.74 bits per heavy atom. The smallest absolute Gasteiger partial charge is 0.317 e. The summed E-state index contributed by atoms with van der Waals surface area (Å²) < 4.78 is 0. The average Bonchev–Trinajstić information content (AvgIpc) is 3.21. The topological polar surface area (TPSA) is 61.4 Å². The maximum Gasteiger partial charge on any atom is 0.317 e. The van der Waals surface area contributed by atoms with E-state index < -0.39 is 0 Å². The third kappa shape index (κ3) is 4.00. The summed E-state index contributed by atoms with van der Waals surface area (Å²) in [5.41, 5.74) is 1.06. The van der Waals surface area contributed by atoms with Crippen molar-refractivity contribution in [2.24, 2.45) is 0 Å². The van der Waals surface area contributed by atoms with E-state index in [2.05, 4.69) is 32.5 Å². The molecule has 1 saturated heterocycles. The van der Waals surface area contributed by atoms with Gasteiger partial charge in [0.2, 0.25) is 0 Å². The highest BCUT2D eigenvalue weighted by atomic mass is 32.1. The molecule has 3 rings (SSSR count). The highest BCUT2D eigenvalue weighted by Gasteiger charge is 2.22. The third-order valence-corrected chi connectivity index (χ3v) is 5.95. The van der Waals surface area contributed by atoms with Gasteiger partial charge >= 0.3 is 6.03 Å². The van der Waals surface area contributed by atoms with Gasteiger partial charge in [0, 0.05) is 42.6 Å². The van der Waals surface area contributed by atoms with Crippen molar-refractivity contribution in [3.63, 3.8) is 0 Å². The summed E-state index contributed by atoms with van der Waals surface area (Å²) >= 11 is 3.33. The highest BCUT2D eigenvalue weighted by Crippen LogP contribution is 2.21. The molecular formula is C15H21N5OS2. The van der Waals surface area contributed by atoms with Gasteiger partial charge in [-0.3, -0.25) is 0 Å². The van der Waals surface area contributed by atoms with Crippen LogP contribution >= 0.6 is 22.7 Å². The van der Waals surface area contributed by atoms with Crippen molar-refractivity contribution in [2.45, 2.75) is 26.8 Å². The molecule has 23 heavy (non-hydrogen) atoms. The lowest BCUT2D eigenvalue weighted by Crippen LogP contribution is -2.51. The van der Waals surface area contributed by atoms with Crippen LogP contribution in [0.4, 0.5) is 9.93 Å². The molecule has 1 aliphatic heterocycles. The number of hydrogen-bond donors (Lipinski definition) is 1. The normalized spacial score (nSPS) is 15.0. The van der Waals surface area contributed by atoms with Crippen molar-refractivity contribution in [1.82, 2.24) is 20.2 Å². The van der Waals surface area contributed by atoms with Crippen LogP contribution in [-0.4, -0.2) is 47.1 Å². The Kier molecular flexibility index (Phi) is 5.12. The molecule has 1 aliphatic rings. The van der Waals surface area contributed by atoms with Crippen LogP contribution in [-0.2, 0) is 13.0 Å². The number of anilines is 1. The number of nitrogens with zero attached hydrogens (tertiary/aromatic N) is 4. The molecule has 0 atom stereocenters. The molecule has 8 heteroatoms. The molecule has 2 aromatic heterocycles. The van der Waals surface area contributed by atoms with Crippen molar-refractivity contribution in [3.05, 3.63) is 27.2 Å². The standard InChI is InChI=1S/C15H21N5OS2/c1-3-12-8-16-13(23-12)9-17-14(21)19-4-6-20(7-5-19)15-18-11(2)10-22-15/h8,10H,3-7,9H2,1-2H3,(H,17,21). The lowest BCUT2D eigenvalue weighted by molar-refractivity contribution is 0.194. The van der Waals surface area contributed by atoms with Crippen LogP contribution in [0.25, 0.3) is 0 Å². The number of piperazine rings is 1. The lowest BCUT2D eigenvalue weighted by atomic mass is 10.3. The van der Waals surface area contributed by atoms with E-state index >= 15 is 0 Å². The Morgan fingerprint density at radius 1 is 1.35 bits per heavy atom. The van der Waals surface area contributed by atoms with Gasteiger partial charge in [0.15, 0.2) is 5.13 Å². The average molecular weight is 352 g/mol. The molecule has 2 amide bonds.